The van der Waals surface area contributed by atoms with Crippen LogP contribution in [0.15, 0.2) is 0 Å². The molecule has 0 bridgehead atoms. The Labute approximate surface area is 63.8 Å². The number of carboxylic acids is 1. The number of carboxylic acid groups (broad SMARTS) is 1. The Morgan fingerprint density at radius 3 is 2.22 bits per heavy atom. The van der Waals surface area contributed by atoms with Crippen LogP contribution in [-0.2, 0) is 4.79 Å². The Hall–Kier alpha value is 0.0500. The lowest BCUT2D eigenvalue weighted by Gasteiger charge is -2.03. The summed E-state index contributed by atoms with van der Waals surface area (Å²) in [4.78, 5) is 10.0. The van der Waals surface area contributed by atoms with E-state index in [0.717, 1.165) is 0 Å². The molecule has 0 spiro atoms. The van der Waals surface area contributed by atoms with Crippen molar-refractivity contribution in [1.29, 1.82) is 0 Å². The number of aliphatic carboxylic acids is 1. The zero-order valence-electron chi connectivity index (χ0n) is 4.97. The Kier molecular flexibility index (Phi) is 3.98. The van der Waals surface area contributed by atoms with Gasteiger partial charge in [-0.1, -0.05) is 0 Å². The lowest BCUT2D eigenvalue weighted by molar-refractivity contribution is -0.136. The van der Waals surface area contributed by atoms with Crippen LogP contribution < -0.4 is 0 Å². The molecule has 0 aromatic carbocycles. The zero-order valence-corrected chi connectivity index (χ0v) is 6.49. The van der Waals surface area contributed by atoms with Crippen molar-refractivity contribution >= 4 is 29.2 Å². The molecule has 0 aromatic heterocycles. The minimum Gasteiger partial charge on any atom is -0.480 e. The molecule has 1 N–H and O–H groups in total. The van der Waals surface area contributed by atoms with Crippen molar-refractivity contribution in [1.82, 2.24) is 0 Å². The summed E-state index contributed by atoms with van der Waals surface area (Å²) >= 11 is 10.8. The van der Waals surface area contributed by atoms with E-state index in [0.29, 0.717) is 6.42 Å². The highest BCUT2D eigenvalue weighted by molar-refractivity contribution is 6.30. The van der Waals surface area contributed by atoms with Crippen LogP contribution in [0, 0.1) is 0 Å². The summed E-state index contributed by atoms with van der Waals surface area (Å²) < 4.78 is 0. The highest BCUT2D eigenvalue weighted by atomic mass is 35.5. The Morgan fingerprint density at radius 2 is 2.11 bits per heavy atom. The summed E-state index contributed by atoms with van der Waals surface area (Å²) in [7, 11) is 0. The molecule has 9 heavy (non-hydrogen) atoms. The molecular weight excluding hydrogens is 163 g/mol. The number of hydrogen-bond acceptors (Lipinski definition) is 1. The third-order valence-electron chi connectivity index (χ3n) is 0.800. The molecule has 2 nitrogen and oxygen atoms in total. The lowest BCUT2D eigenvalue weighted by Crippen LogP contribution is -2.16. The molecule has 0 aromatic rings. The van der Waals surface area contributed by atoms with Gasteiger partial charge in [-0.05, 0) is 13.3 Å². The third kappa shape index (κ3) is 4.55. The van der Waals surface area contributed by atoms with Gasteiger partial charge in [0.1, 0.15) is 5.38 Å². The maximum atomic E-state index is 10.0. The summed E-state index contributed by atoms with van der Waals surface area (Å²) in [6.45, 7) is 1.71. The van der Waals surface area contributed by atoms with Crippen molar-refractivity contribution in [3.8, 4) is 0 Å². The summed E-state index contributed by atoms with van der Waals surface area (Å²) in [6, 6.07) is 0. The van der Waals surface area contributed by atoms with Crippen LogP contribution >= 0.6 is 23.2 Å². The van der Waals surface area contributed by atoms with E-state index in [1.54, 1.807) is 6.92 Å². The molecule has 0 fully saturated rings. The van der Waals surface area contributed by atoms with Crippen molar-refractivity contribution < 1.29 is 9.90 Å². The number of rotatable bonds is 3. The first kappa shape index (κ1) is 9.05. The third-order valence-corrected chi connectivity index (χ3v) is 1.34. The summed E-state index contributed by atoms with van der Waals surface area (Å²) in [6.07, 6.45) is 0.304. The van der Waals surface area contributed by atoms with Crippen LogP contribution in [0.2, 0.25) is 0 Å². The minimum absolute atomic E-state index is 0.177. The molecule has 4 heteroatoms. The van der Waals surface area contributed by atoms with Gasteiger partial charge in [-0.3, -0.25) is 4.79 Å². The zero-order chi connectivity index (χ0) is 7.44. The summed E-state index contributed by atoms with van der Waals surface area (Å²) in [5.41, 5.74) is 0. The molecule has 0 heterocycles. The van der Waals surface area contributed by atoms with Crippen molar-refractivity contribution in [2.75, 3.05) is 0 Å². The lowest BCUT2D eigenvalue weighted by atomic mass is 10.2. The second-order valence-corrected chi connectivity index (χ2v) is 3.09. The smallest absolute Gasteiger partial charge is 0.321 e. The Morgan fingerprint density at radius 1 is 1.67 bits per heavy atom. The van der Waals surface area contributed by atoms with Gasteiger partial charge < -0.3 is 5.11 Å². The van der Waals surface area contributed by atoms with Crippen LogP contribution in [0.5, 0.6) is 0 Å². The second kappa shape index (κ2) is 3.96. The predicted octanol–water partition coefficient (Wildman–Crippen LogP) is 1.70. The molecule has 0 aliphatic heterocycles. The minimum atomic E-state index is -1.01. The van der Waals surface area contributed by atoms with Crippen LogP contribution in [0.3, 0.4) is 0 Å². The number of halogens is 2. The van der Waals surface area contributed by atoms with Gasteiger partial charge in [-0.15, -0.1) is 23.2 Å². The van der Waals surface area contributed by atoms with Gasteiger partial charge in [-0.25, -0.2) is 0 Å². The predicted molar refractivity (Wildman–Crippen MR) is 37.2 cm³/mol. The first-order valence-electron chi connectivity index (χ1n) is 2.55. The van der Waals surface area contributed by atoms with E-state index in [-0.39, 0.29) is 5.38 Å². The van der Waals surface area contributed by atoms with E-state index in [1.807, 2.05) is 0 Å². The van der Waals surface area contributed by atoms with E-state index in [4.69, 9.17) is 28.3 Å². The van der Waals surface area contributed by atoms with E-state index in [9.17, 15) is 4.79 Å². The van der Waals surface area contributed by atoms with E-state index in [1.165, 1.54) is 0 Å². The van der Waals surface area contributed by atoms with Crippen molar-refractivity contribution in [3.63, 3.8) is 0 Å². The van der Waals surface area contributed by atoms with Gasteiger partial charge >= 0.3 is 5.97 Å². The molecule has 54 valence electrons. The number of carbonyl (C=O) groups is 1. The van der Waals surface area contributed by atoms with Gasteiger partial charge in [0, 0.05) is 5.38 Å². The fraction of sp³-hybridized carbons (Fsp3) is 0.800. The van der Waals surface area contributed by atoms with Gasteiger partial charge in [0.05, 0.1) is 0 Å². The second-order valence-electron chi connectivity index (χ2n) is 1.82. The van der Waals surface area contributed by atoms with E-state index < -0.39 is 11.3 Å². The van der Waals surface area contributed by atoms with Crippen LogP contribution in [0.4, 0.5) is 0 Å². The van der Waals surface area contributed by atoms with Gasteiger partial charge in [0.25, 0.3) is 0 Å². The van der Waals surface area contributed by atoms with Gasteiger partial charge in [0.2, 0.25) is 0 Å². The molecule has 0 aliphatic rings. The fourth-order valence-corrected chi connectivity index (χ4v) is 0.923. The monoisotopic (exact) mass is 170 g/mol. The first-order chi connectivity index (χ1) is 4.04. The molecule has 2 atom stereocenters. The number of hydrogen-bond donors (Lipinski definition) is 1. The van der Waals surface area contributed by atoms with E-state index in [2.05, 4.69) is 0 Å². The van der Waals surface area contributed by atoms with Crippen molar-refractivity contribution in [2.24, 2.45) is 0 Å². The maximum Gasteiger partial charge on any atom is 0.321 e. The highest BCUT2D eigenvalue weighted by Crippen LogP contribution is 2.09. The van der Waals surface area contributed by atoms with E-state index >= 15 is 0 Å². The molecular formula is C5H8Cl2O2. The maximum absolute atomic E-state index is 10.0. The average Bonchev–Trinajstić information content (AvgIpc) is 1.63. The first-order valence-corrected chi connectivity index (χ1v) is 3.42. The normalized spacial score (nSPS) is 16.8. The van der Waals surface area contributed by atoms with Crippen LogP contribution in [-0.4, -0.2) is 21.8 Å². The number of alkyl halides is 2. The molecule has 0 rings (SSSR count). The quantitative estimate of drug-likeness (QED) is 0.656. The molecule has 0 amide bonds. The molecule has 0 aliphatic carbocycles. The molecule has 2 unspecified atom stereocenters. The molecule has 0 saturated heterocycles. The van der Waals surface area contributed by atoms with Crippen molar-refractivity contribution in [2.45, 2.75) is 24.1 Å². The van der Waals surface area contributed by atoms with Crippen LogP contribution in [0.25, 0.3) is 0 Å². The topological polar surface area (TPSA) is 37.3 Å². The van der Waals surface area contributed by atoms with Gasteiger partial charge in [-0.2, -0.15) is 0 Å². The fourth-order valence-electron chi connectivity index (χ4n) is 0.386. The average molecular weight is 171 g/mol. The largest absolute Gasteiger partial charge is 0.480 e. The SMILES string of the molecule is CC(Cl)CC(Cl)C(=O)O. The highest BCUT2D eigenvalue weighted by Gasteiger charge is 2.15. The Balaban J connectivity index is 3.50. The Bertz CT molecular complexity index is 103. The van der Waals surface area contributed by atoms with Crippen molar-refractivity contribution in [3.05, 3.63) is 0 Å². The molecule has 0 saturated carbocycles. The van der Waals surface area contributed by atoms with Crippen LogP contribution in [0.1, 0.15) is 13.3 Å². The summed E-state index contributed by atoms with van der Waals surface area (Å²) in [5.74, 6) is -1.01. The van der Waals surface area contributed by atoms with Gasteiger partial charge in [0.15, 0.2) is 0 Å². The summed E-state index contributed by atoms with van der Waals surface area (Å²) in [5, 5.41) is 7.21. The molecule has 0 radical (unpaired) electrons. The standard InChI is InChI=1S/C5H8Cl2O2/c1-3(6)2-4(7)5(8)9/h3-4H,2H2,1H3,(H,8,9).